The molecule has 94 valence electrons. The monoisotopic (exact) mass is 226 g/mol. The van der Waals surface area contributed by atoms with Crippen LogP contribution in [0.2, 0.25) is 0 Å². The Morgan fingerprint density at radius 1 is 1.38 bits per heavy atom. The minimum absolute atomic E-state index is 0.228. The lowest BCUT2D eigenvalue weighted by Crippen LogP contribution is -2.44. The molecule has 0 saturated heterocycles. The van der Waals surface area contributed by atoms with Crippen molar-refractivity contribution < 1.29 is 4.79 Å². The van der Waals surface area contributed by atoms with Crippen LogP contribution in [0.5, 0.6) is 0 Å². The van der Waals surface area contributed by atoms with Crippen molar-refractivity contribution in [2.24, 2.45) is 5.41 Å². The molecule has 1 aliphatic rings. The van der Waals surface area contributed by atoms with Gasteiger partial charge in [-0.15, -0.1) is 0 Å². The van der Waals surface area contributed by atoms with Crippen LogP contribution in [0.3, 0.4) is 0 Å². The Balaban J connectivity index is 2.38. The molecule has 0 bridgehead atoms. The van der Waals surface area contributed by atoms with E-state index < -0.39 is 0 Å². The molecule has 16 heavy (non-hydrogen) atoms. The summed E-state index contributed by atoms with van der Waals surface area (Å²) in [7, 11) is 1.95. The Labute approximate surface area is 99.6 Å². The van der Waals surface area contributed by atoms with Crippen molar-refractivity contribution in [3.63, 3.8) is 0 Å². The Morgan fingerprint density at radius 3 is 2.44 bits per heavy atom. The van der Waals surface area contributed by atoms with E-state index in [1.807, 2.05) is 18.9 Å². The third kappa shape index (κ3) is 3.78. The molecule has 1 aliphatic carbocycles. The molecule has 3 heteroatoms. The van der Waals surface area contributed by atoms with E-state index in [-0.39, 0.29) is 5.91 Å². The maximum atomic E-state index is 11.8. The van der Waals surface area contributed by atoms with Gasteiger partial charge in [-0.3, -0.25) is 4.79 Å². The van der Waals surface area contributed by atoms with Crippen molar-refractivity contribution in [3.05, 3.63) is 0 Å². The molecule has 1 N–H and O–H groups in total. The van der Waals surface area contributed by atoms with E-state index >= 15 is 0 Å². The van der Waals surface area contributed by atoms with E-state index in [2.05, 4.69) is 19.2 Å². The molecule has 1 fully saturated rings. The second kappa shape index (κ2) is 5.67. The smallest absolute Gasteiger partial charge is 0.236 e. The Hall–Kier alpha value is -0.570. The van der Waals surface area contributed by atoms with E-state index in [1.54, 1.807) is 0 Å². The van der Waals surface area contributed by atoms with Gasteiger partial charge >= 0.3 is 0 Å². The van der Waals surface area contributed by atoms with Crippen LogP contribution in [-0.2, 0) is 4.79 Å². The lowest BCUT2D eigenvalue weighted by Gasteiger charge is -2.38. The molecule has 1 amide bonds. The zero-order valence-corrected chi connectivity index (χ0v) is 11.2. The molecule has 0 aromatic heterocycles. The minimum Gasteiger partial charge on any atom is -0.342 e. The van der Waals surface area contributed by atoms with Gasteiger partial charge in [0.15, 0.2) is 0 Å². The first kappa shape index (κ1) is 13.5. The van der Waals surface area contributed by atoms with Gasteiger partial charge in [-0.2, -0.15) is 0 Å². The quantitative estimate of drug-likeness (QED) is 0.795. The highest BCUT2D eigenvalue weighted by Gasteiger charge is 2.30. The minimum atomic E-state index is 0.228. The van der Waals surface area contributed by atoms with E-state index in [9.17, 15) is 4.79 Å². The van der Waals surface area contributed by atoms with Crippen LogP contribution in [0.4, 0.5) is 0 Å². The summed E-state index contributed by atoms with van der Waals surface area (Å²) >= 11 is 0. The van der Waals surface area contributed by atoms with Crippen LogP contribution >= 0.6 is 0 Å². The Morgan fingerprint density at radius 2 is 1.94 bits per heavy atom. The molecule has 0 radical (unpaired) electrons. The maximum absolute atomic E-state index is 11.8. The molecule has 0 spiro atoms. The zero-order valence-electron chi connectivity index (χ0n) is 11.2. The van der Waals surface area contributed by atoms with Gasteiger partial charge in [0.1, 0.15) is 0 Å². The molecule has 0 heterocycles. The van der Waals surface area contributed by atoms with Crippen molar-refractivity contribution in [2.45, 2.75) is 52.5 Å². The largest absolute Gasteiger partial charge is 0.342 e. The highest BCUT2D eigenvalue weighted by molar-refractivity contribution is 5.78. The van der Waals surface area contributed by atoms with Crippen molar-refractivity contribution in [3.8, 4) is 0 Å². The number of amides is 1. The van der Waals surface area contributed by atoms with Crippen LogP contribution < -0.4 is 5.32 Å². The second-order valence-corrected chi connectivity index (χ2v) is 5.68. The van der Waals surface area contributed by atoms with E-state index in [0.29, 0.717) is 18.0 Å². The van der Waals surface area contributed by atoms with Crippen molar-refractivity contribution in [1.29, 1.82) is 0 Å². The van der Waals surface area contributed by atoms with Crippen LogP contribution in [0.15, 0.2) is 0 Å². The SMILES string of the molecule is CCNCC(=O)N(C)C1CCC(C)(C)CC1. The summed E-state index contributed by atoms with van der Waals surface area (Å²) in [4.78, 5) is 13.8. The first-order valence-electron chi connectivity index (χ1n) is 6.42. The first-order chi connectivity index (χ1) is 7.46. The molecule has 0 aromatic carbocycles. The number of rotatable bonds is 4. The van der Waals surface area contributed by atoms with Gasteiger partial charge in [-0.1, -0.05) is 20.8 Å². The average molecular weight is 226 g/mol. The van der Waals surface area contributed by atoms with Gasteiger partial charge < -0.3 is 10.2 Å². The molecule has 1 rings (SSSR count). The number of hydrogen-bond donors (Lipinski definition) is 1. The van der Waals surface area contributed by atoms with Crippen LogP contribution in [0.1, 0.15) is 46.5 Å². The predicted octanol–water partition coefficient (Wildman–Crippen LogP) is 2.02. The van der Waals surface area contributed by atoms with Crippen molar-refractivity contribution in [1.82, 2.24) is 10.2 Å². The topological polar surface area (TPSA) is 32.3 Å². The standard InChI is InChI=1S/C13H26N2O/c1-5-14-10-12(16)15(4)11-6-8-13(2,3)9-7-11/h11,14H,5-10H2,1-4H3. The summed E-state index contributed by atoms with van der Waals surface area (Å²) in [6.07, 6.45) is 4.77. The number of hydrogen-bond acceptors (Lipinski definition) is 2. The van der Waals surface area contributed by atoms with E-state index in [4.69, 9.17) is 0 Å². The highest BCUT2D eigenvalue weighted by atomic mass is 16.2. The number of carbonyl (C=O) groups is 1. The van der Waals surface area contributed by atoms with Crippen LogP contribution in [0, 0.1) is 5.41 Å². The summed E-state index contributed by atoms with van der Waals surface area (Å²) in [5.41, 5.74) is 0.474. The fraction of sp³-hybridized carbons (Fsp3) is 0.923. The number of nitrogens with zero attached hydrogens (tertiary/aromatic N) is 1. The van der Waals surface area contributed by atoms with Crippen molar-refractivity contribution in [2.75, 3.05) is 20.1 Å². The summed E-state index contributed by atoms with van der Waals surface area (Å²) in [5, 5.41) is 3.09. The molecule has 0 aromatic rings. The van der Waals surface area contributed by atoms with Crippen LogP contribution in [-0.4, -0.2) is 37.0 Å². The average Bonchev–Trinajstić information content (AvgIpc) is 2.25. The fourth-order valence-electron chi connectivity index (χ4n) is 2.33. The summed E-state index contributed by atoms with van der Waals surface area (Å²) < 4.78 is 0. The van der Waals surface area contributed by atoms with Crippen LogP contribution in [0.25, 0.3) is 0 Å². The summed E-state index contributed by atoms with van der Waals surface area (Å²) in [5.74, 6) is 0.228. The normalized spacial score (nSPS) is 20.8. The molecule has 0 unspecified atom stereocenters. The number of nitrogens with one attached hydrogen (secondary N) is 1. The number of carbonyl (C=O) groups excluding carboxylic acids is 1. The van der Waals surface area contributed by atoms with Gasteiger partial charge in [0.2, 0.25) is 5.91 Å². The molecule has 0 atom stereocenters. The fourth-order valence-corrected chi connectivity index (χ4v) is 2.33. The lowest BCUT2D eigenvalue weighted by molar-refractivity contribution is -0.132. The molecular formula is C13H26N2O. The molecule has 0 aliphatic heterocycles. The van der Waals surface area contributed by atoms with Gasteiger partial charge in [0.25, 0.3) is 0 Å². The first-order valence-corrected chi connectivity index (χ1v) is 6.42. The van der Waals surface area contributed by atoms with Gasteiger partial charge in [-0.25, -0.2) is 0 Å². The predicted molar refractivity (Wildman–Crippen MR) is 67.4 cm³/mol. The van der Waals surface area contributed by atoms with Gasteiger partial charge in [0.05, 0.1) is 6.54 Å². The maximum Gasteiger partial charge on any atom is 0.236 e. The molecular weight excluding hydrogens is 200 g/mol. The lowest BCUT2D eigenvalue weighted by atomic mass is 9.75. The Bertz CT molecular complexity index is 228. The second-order valence-electron chi connectivity index (χ2n) is 5.68. The number of likely N-dealkylation sites (N-methyl/N-ethyl adjacent to an activating group) is 2. The van der Waals surface area contributed by atoms with Crippen molar-refractivity contribution >= 4 is 5.91 Å². The zero-order chi connectivity index (χ0) is 12.2. The van der Waals surface area contributed by atoms with E-state index in [0.717, 1.165) is 19.4 Å². The van der Waals surface area contributed by atoms with E-state index in [1.165, 1.54) is 12.8 Å². The molecule has 1 saturated carbocycles. The van der Waals surface area contributed by atoms with Gasteiger partial charge in [-0.05, 0) is 37.6 Å². The third-order valence-electron chi connectivity index (χ3n) is 3.78. The Kier molecular flexibility index (Phi) is 4.78. The summed E-state index contributed by atoms with van der Waals surface area (Å²) in [6, 6.07) is 0.458. The highest BCUT2D eigenvalue weighted by Crippen LogP contribution is 2.36. The molecule has 3 nitrogen and oxygen atoms in total. The summed E-state index contributed by atoms with van der Waals surface area (Å²) in [6.45, 7) is 8.01. The third-order valence-corrected chi connectivity index (χ3v) is 3.78. The van der Waals surface area contributed by atoms with Gasteiger partial charge in [0, 0.05) is 13.1 Å².